The summed E-state index contributed by atoms with van der Waals surface area (Å²) in [4.78, 5) is 25.4. The lowest BCUT2D eigenvalue weighted by Crippen LogP contribution is -2.48. The third-order valence-corrected chi connectivity index (χ3v) is 3.42. The summed E-state index contributed by atoms with van der Waals surface area (Å²) < 4.78 is 0. The first-order valence-electron chi connectivity index (χ1n) is 6.78. The van der Waals surface area contributed by atoms with Gasteiger partial charge in [-0.05, 0) is 25.2 Å². The van der Waals surface area contributed by atoms with E-state index in [4.69, 9.17) is 5.11 Å². The van der Waals surface area contributed by atoms with E-state index in [0.29, 0.717) is 32.4 Å². The Morgan fingerprint density at radius 2 is 2.28 bits per heavy atom. The van der Waals surface area contributed by atoms with Crippen molar-refractivity contribution in [1.82, 2.24) is 10.2 Å². The second-order valence-corrected chi connectivity index (χ2v) is 4.98. The van der Waals surface area contributed by atoms with Gasteiger partial charge in [0.25, 0.3) is 0 Å². The lowest BCUT2D eigenvalue weighted by molar-refractivity contribution is -0.137. The van der Waals surface area contributed by atoms with Crippen LogP contribution in [-0.2, 0) is 9.59 Å². The van der Waals surface area contributed by atoms with Gasteiger partial charge >= 0.3 is 0 Å². The van der Waals surface area contributed by atoms with Crippen LogP contribution < -0.4 is 5.32 Å². The Labute approximate surface area is 109 Å². The van der Waals surface area contributed by atoms with Gasteiger partial charge in [-0.3, -0.25) is 9.59 Å². The minimum absolute atomic E-state index is 0.0717. The summed E-state index contributed by atoms with van der Waals surface area (Å²) in [6.07, 6.45) is 2.74. The molecule has 0 aromatic heterocycles. The third kappa shape index (κ3) is 3.98. The highest BCUT2D eigenvalue weighted by Crippen LogP contribution is 2.16. The summed E-state index contributed by atoms with van der Waals surface area (Å²) in [5.41, 5.74) is 0. The van der Waals surface area contributed by atoms with Crippen molar-refractivity contribution < 1.29 is 14.7 Å². The van der Waals surface area contributed by atoms with E-state index in [-0.39, 0.29) is 30.4 Å². The number of carbonyl (C=O) groups is 2. The fourth-order valence-electron chi connectivity index (χ4n) is 2.26. The molecule has 0 aromatic rings. The van der Waals surface area contributed by atoms with Gasteiger partial charge in [0.2, 0.25) is 11.8 Å². The molecule has 1 saturated heterocycles. The normalized spacial score (nSPS) is 18.8. The van der Waals surface area contributed by atoms with Gasteiger partial charge in [0.15, 0.2) is 0 Å². The van der Waals surface area contributed by atoms with E-state index < -0.39 is 0 Å². The van der Waals surface area contributed by atoms with Gasteiger partial charge in [-0.2, -0.15) is 0 Å². The molecule has 0 aliphatic carbocycles. The molecule has 2 atom stereocenters. The number of carbonyl (C=O) groups excluding carboxylic acids is 2. The predicted molar refractivity (Wildman–Crippen MR) is 68.9 cm³/mol. The molecule has 2 amide bonds. The van der Waals surface area contributed by atoms with Crippen molar-refractivity contribution in [3.8, 4) is 0 Å². The summed E-state index contributed by atoms with van der Waals surface area (Å²) in [7, 11) is 0. The van der Waals surface area contributed by atoms with Crippen molar-refractivity contribution in [1.29, 1.82) is 0 Å². The van der Waals surface area contributed by atoms with Gasteiger partial charge in [0.1, 0.15) is 6.04 Å². The molecule has 1 rings (SSSR count). The van der Waals surface area contributed by atoms with Crippen molar-refractivity contribution >= 4 is 11.8 Å². The summed E-state index contributed by atoms with van der Waals surface area (Å²) in [6, 6.07) is -0.332. The predicted octanol–water partition coefficient (Wildman–Crippen LogP) is 0.522. The van der Waals surface area contributed by atoms with Crippen LogP contribution in [0.25, 0.3) is 0 Å². The molecule has 0 saturated carbocycles. The zero-order chi connectivity index (χ0) is 13.5. The van der Waals surface area contributed by atoms with Crippen LogP contribution in [0.1, 0.15) is 39.5 Å². The molecule has 2 N–H and O–H groups in total. The van der Waals surface area contributed by atoms with Crippen molar-refractivity contribution in [2.45, 2.75) is 45.6 Å². The van der Waals surface area contributed by atoms with E-state index in [1.165, 1.54) is 0 Å². The molecule has 0 bridgehead atoms. The Morgan fingerprint density at radius 1 is 1.56 bits per heavy atom. The van der Waals surface area contributed by atoms with E-state index in [0.717, 1.165) is 6.42 Å². The molecular formula is C13H24N2O3. The molecule has 5 heteroatoms. The topological polar surface area (TPSA) is 69.6 Å². The molecular weight excluding hydrogens is 232 g/mol. The van der Waals surface area contributed by atoms with E-state index in [1.54, 1.807) is 4.90 Å². The van der Waals surface area contributed by atoms with Gasteiger partial charge in [-0.15, -0.1) is 0 Å². The largest absolute Gasteiger partial charge is 0.396 e. The fraction of sp³-hybridized carbons (Fsp3) is 0.846. The summed E-state index contributed by atoms with van der Waals surface area (Å²) in [5.74, 6) is 0.267. The minimum atomic E-state index is -0.332. The molecule has 1 heterocycles. The number of rotatable bonds is 7. The van der Waals surface area contributed by atoms with E-state index in [2.05, 4.69) is 5.32 Å². The number of hydrogen-bond acceptors (Lipinski definition) is 3. The van der Waals surface area contributed by atoms with Crippen LogP contribution in [0.3, 0.4) is 0 Å². The van der Waals surface area contributed by atoms with Crippen molar-refractivity contribution in [3.05, 3.63) is 0 Å². The molecule has 0 radical (unpaired) electrons. The number of hydrogen-bond donors (Lipinski definition) is 2. The van der Waals surface area contributed by atoms with Crippen LogP contribution in [0.15, 0.2) is 0 Å². The van der Waals surface area contributed by atoms with Crippen LogP contribution in [0, 0.1) is 5.92 Å². The zero-order valence-electron chi connectivity index (χ0n) is 11.3. The van der Waals surface area contributed by atoms with E-state index in [1.807, 2.05) is 13.8 Å². The smallest absolute Gasteiger partial charge is 0.242 e. The third-order valence-electron chi connectivity index (χ3n) is 3.42. The van der Waals surface area contributed by atoms with Crippen LogP contribution >= 0.6 is 0 Å². The van der Waals surface area contributed by atoms with Gasteiger partial charge in [-0.1, -0.05) is 13.8 Å². The lowest BCUT2D eigenvalue weighted by atomic mass is 10.1. The Hall–Kier alpha value is -1.10. The molecule has 1 aliphatic heterocycles. The summed E-state index contributed by atoms with van der Waals surface area (Å²) in [5, 5.41) is 11.7. The number of aliphatic hydroxyl groups excluding tert-OH is 1. The summed E-state index contributed by atoms with van der Waals surface area (Å²) >= 11 is 0. The van der Waals surface area contributed by atoms with Gasteiger partial charge in [-0.25, -0.2) is 0 Å². The second kappa shape index (κ2) is 7.36. The van der Waals surface area contributed by atoms with Crippen LogP contribution in [0.4, 0.5) is 0 Å². The molecule has 0 spiro atoms. The average molecular weight is 256 g/mol. The summed E-state index contributed by atoms with van der Waals surface area (Å²) in [6.45, 7) is 5.29. The van der Waals surface area contributed by atoms with Crippen LogP contribution in [0.5, 0.6) is 0 Å². The van der Waals surface area contributed by atoms with E-state index >= 15 is 0 Å². The first kappa shape index (κ1) is 15.0. The zero-order valence-corrected chi connectivity index (χ0v) is 11.3. The highest BCUT2D eigenvalue weighted by Gasteiger charge is 2.31. The molecule has 18 heavy (non-hydrogen) atoms. The van der Waals surface area contributed by atoms with Gasteiger partial charge in [0.05, 0.1) is 0 Å². The molecule has 2 unspecified atom stereocenters. The molecule has 1 fully saturated rings. The number of nitrogens with zero attached hydrogens (tertiary/aromatic N) is 1. The maximum atomic E-state index is 12.0. The van der Waals surface area contributed by atoms with Gasteiger partial charge in [0, 0.05) is 26.1 Å². The highest BCUT2D eigenvalue weighted by atomic mass is 16.3. The quantitative estimate of drug-likeness (QED) is 0.698. The maximum absolute atomic E-state index is 12.0. The highest BCUT2D eigenvalue weighted by molar-refractivity contribution is 5.88. The lowest BCUT2D eigenvalue weighted by Gasteiger charge is -2.26. The number of likely N-dealkylation sites (tertiary alicyclic amines) is 1. The molecule has 5 nitrogen and oxygen atoms in total. The van der Waals surface area contributed by atoms with E-state index in [9.17, 15) is 9.59 Å². The standard InChI is InChI=1S/C13H24N2O3/c1-3-11(15-7-4-5-12(15)17)13(18)14-9-10(2)6-8-16/h10-11,16H,3-9H2,1-2H3,(H,14,18). The number of aliphatic hydroxyl groups is 1. The Balaban J connectivity index is 2.44. The first-order valence-corrected chi connectivity index (χ1v) is 6.78. The molecule has 0 aromatic carbocycles. The minimum Gasteiger partial charge on any atom is -0.396 e. The Bertz CT molecular complexity index is 294. The van der Waals surface area contributed by atoms with Gasteiger partial charge < -0.3 is 15.3 Å². The average Bonchev–Trinajstić information content (AvgIpc) is 2.75. The fourth-order valence-corrected chi connectivity index (χ4v) is 2.26. The number of nitrogens with one attached hydrogen (secondary N) is 1. The second-order valence-electron chi connectivity index (χ2n) is 4.98. The Kier molecular flexibility index (Phi) is 6.12. The van der Waals surface area contributed by atoms with Crippen molar-refractivity contribution in [3.63, 3.8) is 0 Å². The van der Waals surface area contributed by atoms with Crippen molar-refractivity contribution in [2.24, 2.45) is 5.92 Å². The monoisotopic (exact) mass is 256 g/mol. The van der Waals surface area contributed by atoms with Crippen LogP contribution in [-0.4, -0.2) is 47.6 Å². The van der Waals surface area contributed by atoms with Crippen molar-refractivity contribution in [2.75, 3.05) is 19.7 Å². The first-order chi connectivity index (χ1) is 8.60. The Morgan fingerprint density at radius 3 is 2.78 bits per heavy atom. The molecule has 1 aliphatic rings. The molecule has 104 valence electrons. The van der Waals surface area contributed by atoms with Crippen LogP contribution in [0.2, 0.25) is 0 Å². The number of amides is 2. The maximum Gasteiger partial charge on any atom is 0.242 e. The SMILES string of the molecule is CCC(C(=O)NCC(C)CCO)N1CCCC1=O.